The van der Waals surface area contributed by atoms with Crippen LogP contribution in [0, 0.1) is 11.3 Å². The molecule has 27 heavy (non-hydrogen) atoms. The van der Waals surface area contributed by atoms with E-state index in [1.54, 1.807) is 31.5 Å². The number of thiophene rings is 1. The molecule has 1 aliphatic rings. The second-order valence-corrected chi connectivity index (χ2v) is 7.15. The standard InChI is InChI=1S/C20H19N3O3S/c1-2-26-20(25)17-15-5-3-4-6-16(15)27-19(17)23-18(24)14(12-21)11-13-7-9-22-10-8-13/h7-11H,2-6H2,1H3,(H,23,24)/b14-11-. The quantitative estimate of drug-likeness (QED) is 0.484. The molecular formula is C20H19N3O3S. The molecular weight excluding hydrogens is 362 g/mol. The highest BCUT2D eigenvalue weighted by Crippen LogP contribution is 2.38. The average Bonchev–Trinajstić information content (AvgIpc) is 3.04. The Balaban J connectivity index is 1.91. The van der Waals surface area contributed by atoms with Crippen molar-refractivity contribution in [2.75, 3.05) is 11.9 Å². The number of fused-ring (bicyclic) bond motifs is 1. The first-order chi connectivity index (χ1) is 13.1. The van der Waals surface area contributed by atoms with E-state index in [-0.39, 0.29) is 12.2 Å². The zero-order valence-corrected chi connectivity index (χ0v) is 15.8. The molecule has 0 aromatic carbocycles. The second kappa shape index (κ2) is 8.60. The van der Waals surface area contributed by atoms with Crippen molar-refractivity contribution in [1.82, 2.24) is 4.98 Å². The number of aryl methyl sites for hydroxylation is 1. The number of pyridine rings is 1. The Morgan fingerprint density at radius 2 is 2.07 bits per heavy atom. The van der Waals surface area contributed by atoms with Gasteiger partial charge in [0.2, 0.25) is 0 Å². The van der Waals surface area contributed by atoms with Crippen LogP contribution < -0.4 is 5.32 Å². The molecule has 0 spiro atoms. The third-order valence-electron chi connectivity index (χ3n) is 4.26. The van der Waals surface area contributed by atoms with E-state index in [1.807, 2.05) is 6.07 Å². The number of nitrogens with zero attached hydrogens (tertiary/aromatic N) is 2. The van der Waals surface area contributed by atoms with E-state index >= 15 is 0 Å². The van der Waals surface area contributed by atoms with Crippen molar-refractivity contribution in [3.8, 4) is 6.07 Å². The summed E-state index contributed by atoms with van der Waals surface area (Å²) in [4.78, 5) is 30.1. The highest BCUT2D eigenvalue weighted by molar-refractivity contribution is 7.17. The maximum Gasteiger partial charge on any atom is 0.341 e. The van der Waals surface area contributed by atoms with Gasteiger partial charge in [0.1, 0.15) is 16.6 Å². The maximum atomic E-state index is 12.6. The lowest BCUT2D eigenvalue weighted by Gasteiger charge is -2.12. The lowest BCUT2D eigenvalue weighted by Crippen LogP contribution is -2.16. The van der Waals surface area contributed by atoms with E-state index in [1.165, 1.54) is 17.4 Å². The summed E-state index contributed by atoms with van der Waals surface area (Å²) in [7, 11) is 0. The first-order valence-corrected chi connectivity index (χ1v) is 9.60. The van der Waals surface area contributed by atoms with Crippen LogP contribution in [-0.2, 0) is 22.4 Å². The van der Waals surface area contributed by atoms with Crippen LogP contribution in [0.1, 0.15) is 46.1 Å². The summed E-state index contributed by atoms with van der Waals surface area (Å²) >= 11 is 1.40. The Bertz CT molecular complexity index is 926. The number of hydrogen-bond acceptors (Lipinski definition) is 6. The lowest BCUT2D eigenvalue weighted by atomic mass is 9.95. The Labute approximate surface area is 161 Å². The molecule has 3 rings (SSSR count). The second-order valence-electron chi connectivity index (χ2n) is 6.04. The summed E-state index contributed by atoms with van der Waals surface area (Å²) in [6.45, 7) is 2.02. The van der Waals surface area contributed by atoms with Crippen LogP contribution in [0.25, 0.3) is 6.08 Å². The molecule has 0 atom stereocenters. The molecule has 2 aromatic heterocycles. The minimum absolute atomic E-state index is 0.0395. The van der Waals surface area contributed by atoms with Gasteiger partial charge >= 0.3 is 5.97 Å². The summed E-state index contributed by atoms with van der Waals surface area (Å²) in [6.07, 6.45) is 8.43. The number of carbonyl (C=O) groups excluding carboxylic acids is 2. The van der Waals surface area contributed by atoms with E-state index in [2.05, 4.69) is 10.3 Å². The zero-order valence-electron chi connectivity index (χ0n) is 14.9. The van der Waals surface area contributed by atoms with Gasteiger partial charge < -0.3 is 10.1 Å². The van der Waals surface area contributed by atoms with Crippen molar-refractivity contribution >= 4 is 34.3 Å². The molecule has 7 heteroatoms. The van der Waals surface area contributed by atoms with Crippen molar-refractivity contribution in [1.29, 1.82) is 5.26 Å². The predicted octanol–water partition coefficient (Wildman–Crippen LogP) is 3.74. The normalized spacial score (nSPS) is 13.4. The molecule has 0 radical (unpaired) electrons. The van der Waals surface area contributed by atoms with Gasteiger partial charge in [-0.15, -0.1) is 11.3 Å². The number of esters is 1. The van der Waals surface area contributed by atoms with Crippen LogP contribution >= 0.6 is 11.3 Å². The number of carbonyl (C=O) groups is 2. The molecule has 1 aliphatic carbocycles. The Kier molecular flexibility index (Phi) is 5.99. The first-order valence-electron chi connectivity index (χ1n) is 8.78. The minimum Gasteiger partial charge on any atom is -0.462 e. The fraction of sp³-hybridized carbons (Fsp3) is 0.300. The summed E-state index contributed by atoms with van der Waals surface area (Å²) < 4.78 is 5.19. The van der Waals surface area contributed by atoms with Crippen molar-refractivity contribution in [3.05, 3.63) is 51.7 Å². The van der Waals surface area contributed by atoms with E-state index < -0.39 is 11.9 Å². The van der Waals surface area contributed by atoms with Gasteiger partial charge in [-0.3, -0.25) is 9.78 Å². The summed E-state index contributed by atoms with van der Waals surface area (Å²) in [5, 5.41) is 12.6. The Morgan fingerprint density at radius 3 is 2.78 bits per heavy atom. The fourth-order valence-electron chi connectivity index (χ4n) is 3.02. The van der Waals surface area contributed by atoms with E-state index in [0.717, 1.165) is 36.1 Å². The van der Waals surface area contributed by atoms with Gasteiger partial charge in [0.25, 0.3) is 5.91 Å². The number of anilines is 1. The number of nitrogens with one attached hydrogen (secondary N) is 1. The summed E-state index contributed by atoms with van der Waals surface area (Å²) in [6, 6.07) is 5.34. The lowest BCUT2D eigenvalue weighted by molar-refractivity contribution is -0.112. The van der Waals surface area contributed by atoms with Crippen LogP contribution in [0.15, 0.2) is 30.1 Å². The third kappa shape index (κ3) is 4.23. The van der Waals surface area contributed by atoms with E-state index in [4.69, 9.17) is 4.74 Å². The molecule has 0 saturated carbocycles. The Morgan fingerprint density at radius 1 is 1.33 bits per heavy atom. The molecule has 2 heterocycles. The van der Waals surface area contributed by atoms with Crippen molar-refractivity contribution in [3.63, 3.8) is 0 Å². The number of amides is 1. The minimum atomic E-state index is -0.543. The van der Waals surface area contributed by atoms with Gasteiger partial charge in [-0.05, 0) is 61.9 Å². The third-order valence-corrected chi connectivity index (χ3v) is 5.47. The smallest absolute Gasteiger partial charge is 0.341 e. The van der Waals surface area contributed by atoms with Crippen molar-refractivity contribution in [2.45, 2.75) is 32.6 Å². The number of nitriles is 1. The maximum absolute atomic E-state index is 12.6. The monoisotopic (exact) mass is 381 g/mol. The van der Waals surface area contributed by atoms with Crippen LogP contribution in [-0.4, -0.2) is 23.5 Å². The van der Waals surface area contributed by atoms with Gasteiger partial charge in [-0.1, -0.05) is 0 Å². The first kappa shape index (κ1) is 18.8. The Hall–Kier alpha value is -2.98. The van der Waals surface area contributed by atoms with Crippen LogP contribution in [0.3, 0.4) is 0 Å². The molecule has 0 aliphatic heterocycles. The van der Waals surface area contributed by atoms with Gasteiger partial charge in [0.15, 0.2) is 0 Å². The van der Waals surface area contributed by atoms with Crippen molar-refractivity contribution < 1.29 is 14.3 Å². The molecule has 0 unspecified atom stereocenters. The fourth-order valence-corrected chi connectivity index (χ4v) is 4.29. The van der Waals surface area contributed by atoms with Crippen LogP contribution in [0.4, 0.5) is 5.00 Å². The van der Waals surface area contributed by atoms with Gasteiger partial charge in [0, 0.05) is 17.3 Å². The topological polar surface area (TPSA) is 92.1 Å². The molecule has 2 aromatic rings. The molecule has 1 amide bonds. The highest BCUT2D eigenvalue weighted by atomic mass is 32.1. The molecule has 0 fully saturated rings. The molecule has 0 bridgehead atoms. The van der Waals surface area contributed by atoms with Crippen LogP contribution in [0.5, 0.6) is 0 Å². The number of ether oxygens (including phenoxy) is 1. The van der Waals surface area contributed by atoms with E-state index in [9.17, 15) is 14.9 Å². The van der Waals surface area contributed by atoms with Gasteiger partial charge in [-0.2, -0.15) is 5.26 Å². The molecule has 138 valence electrons. The zero-order chi connectivity index (χ0) is 19.2. The van der Waals surface area contributed by atoms with Gasteiger partial charge in [0.05, 0.1) is 12.2 Å². The number of aromatic nitrogens is 1. The highest BCUT2D eigenvalue weighted by Gasteiger charge is 2.27. The molecule has 1 N–H and O–H groups in total. The number of hydrogen-bond donors (Lipinski definition) is 1. The molecule has 6 nitrogen and oxygen atoms in total. The summed E-state index contributed by atoms with van der Waals surface area (Å²) in [5.74, 6) is -0.970. The molecule has 0 saturated heterocycles. The van der Waals surface area contributed by atoms with Gasteiger partial charge in [-0.25, -0.2) is 4.79 Å². The average molecular weight is 381 g/mol. The summed E-state index contributed by atoms with van der Waals surface area (Å²) in [5.41, 5.74) is 2.07. The van der Waals surface area contributed by atoms with E-state index in [0.29, 0.717) is 16.1 Å². The van der Waals surface area contributed by atoms with Crippen LogP contribution in [0.2, 0.25) is 0 Å². The number of rotatable bonds is 5. The predicted molar refractivity (Wildman–Crippen MR) is 103 cm³/mol. The largest absolute Gasteiger partial charge is 0.462 e. The van der Waals surface area contributed by atoms with Crippen molar-refractivity contribution in [2.24, 2.45) is 0 Å². The SMILES string of the molecule is CCOC(=O)c1c(NC(=O)/C(C#N)=C\c2ccncc2)sc2c1CCCC2.